The fraction of sp³-hybridized carbons (Fsp3) is 0.100. The van der Waals surface area contributed by atoms with Crippen LogP contribution in [0.25, 0.3) is 0 Å². The second kappa shape index (κ2) is 7.66. The third-order valence-electron chi connectivity index (χ3n) is 4.06. The van der Waals surface area contributed by atoms with Crippen LogP contribution in [0, 0.1) is 11.6 Å². The topological polar surface area (TPSA) is 37.3 Å². The zero-order valence-corrected chi connectivity index (χ0v) is 15.1. The highest BCUT2D eigenvalue weighted by Gasteiger charge is 2.34. The van der Waals surface area contributed by atoms with E-state index in [0.29, 0.717) is 21.0 Å². The maximum absolute atomic E-state index is 13.3. The standard InChI is InChI=1S/C20H15ClF2O2S/c21-16-5-11-19(12-6-16)26(25)13-20(24,14-1-7-17(22)8-2-14)15-3-9-18(23)10-4-15/h1-12,24H,13H2/t26-/m0/s1. The summed E-state index contributed by atoms with van der Waals surface area (Å²) in [6.07, 6.45) is 0. The summed E-state index contributed by atoms with van der Waals surface area (Å²) in [5.41, 5.74) is -0.938. The minimum Gasteiger partial charge on any atom is -0.379 e. The lowest BCUT2D eigenvalue weighted by Crippen LogP contribution is -2.34. The summed E-state index contributed by atoms with van der Waals surface area (Å²) >= 11 is 5.85. The normalized spacial score (nSPS) is 12.8. The maximum atomic E-state index is 13.3. The van der Waals surface area contributed by atoms with Crippen molar-refractivity contribution in [2.45, 2.75) is 10.5 Å². The molecule has 1 atom stereocenters. The molecule has 0 saturated heterocycles. The van der Waals surface area contributed by atoms with Gasteiger partial charge in [-0.15, -0.1) is 0 Å². The zero-order chi connectivity index (χ0) is 18.7. The molecule has 2 nitrogen and oxygen atoms in total. The number of hydrogen-bond donors (Lipinski definition) is 1. The van der Waals surface area contributed by atoms with Crippen LogP contribution in [0.4, 0.5) is 8.78 Å². The Labute approximate surface area is 157 Å². The van der Waals surface area contributed by atoms with E-state index in [1.54, 1.807) is 24.3 Å². The predicted octanol–water partition coefficient (Wildman–Crippen LogP) is 4.66. The molecule has 0 bridgehead atoms. The van der Waals surface area contributed by atoms with Gasteiger partial charge in [0.1, 0.15) is 17.2 Å². The van der Waals surface area contributed by atoms with E-state index in [1.807, 2.05) is 0 Å². The van der Waals surface area contributed by atoms with Crippen LogP contribution in [0.3, 0.4) is 0 Å². The number of rotatable bonds is 5. The van der Waals surface area contributed by atoms with E-state index < -0.39 is 28.0 Å². The van der Waals surface area contributed by atoms with E-state index in [2.05, 4.69) is 0 Å². The average Bonchev–Trinajstić information content (AvgIpc) is 2.63. The van der Waals surface area contributed by atoms with Crippen molar-refractivity contribution >= 4 is 22.4 Å². The first-order valence-corrected chi connectivity index (χ1v) is 9.46. The SMILES string of the molecule is O=[S@@](CC(O)(c1ccc(F)cc1)c1ccc(F)cc1)c1ccc(Cl)cc1. The first-order valence-electron chi connectivity index (χ1n) is 7.77. The van der Waals surface area contributed by atoms with Gasteiger partial charge in [0.2, 0.25) is 0 Å². The quantitative estimate of drug-likeness (QED) is 0.685. The van der Waals surface area contributed by atoms with Gasteiger partial charge in [0.15, 0.2) is 0 Å². The summed E-state index contributed by atoms with van der Waals surface area (Å²) in [5.74, 6) is -1.07. The Morgan fingerprint density at radius 3 is 1.65 bits per heavy atom. The van der Waals surface area contributed by atoms with Crippen molar-refractivity contribution in [2.75, 3.05) is 5.75 Å². The Bertz CT molecular complexity index is 865. The largest absolute Gasteiger partial charge is 0.379 e. The molecule has 0 spiro atoms. The van der Waals surface area contributed by atoms with Gasteiger partial charge in [0.05, 0.1) is 16.6 Å². The molecular weight excluding hydrogens is 378 g/mol. The average molecular weight is 393 g/mol. The lowest BCUT2D eigenvalue weighted by molar-refractivity contribution is 0.106. The number of halogens is 3. The molecule has 0 aliphatic carbocycles. The summed E-state index contributed by atoms with van der Waals surface area (Å²) in [5, 5.41) is 11.9. The van der Waals surface area contributed by atoms with Gasteiger partial charge in [-0.3, -0.25) is 4.21 Å². The van der Waals surface area contributed by atoms with Crippen LogP contribution in [0.2, 0.25) is 5.02 Å². The van der Waals surface area contributed by atoms with E-state index in [0.717, 1.165) is 0 Å². The van der Waals surface area contributed by atoms with Crippen LogP contribution >= 0.6 is 11.6 Å². The second-order valence-electron chi connectivity index (χ2n) is 5.82. The van der Waals surface area contributed by atoms with Gasteiger partial charge < -0.3 is 5.11 Å². The molecule has 0 radical (unpaired) electrons. The molecule has 6 heteroatoms. The van der Waals surface area contributed by atoms with E-state index in [1.165, 1.54) is 48.5 Å². The Morgan fingerprint density at radius 2 is 1.23 bits per heavy atom. The summed E-state index contributed by atoms with van der Waals surface area (Å²) < 4.78 is 39.4. The molecule has 1 N–H and O–H groups in total. The van der Waals surface area contributed by atoms with Gasteiger partial charge in [-0.2, -0.15) is 0 Å². The van der Waals surface area contributed by atoms with Crippen molar-refractivity contribution in [3.8, 4) is 0 Å². The minimum atomic E-state index is -1.67. The lowest BCUT2D eigenvalue weighted by Gasteiger charge is -2.29. The Balaban J connectivity index is 2.02. The maximum Gasteiger partial charge on any atom is 0.126 e. The van der Waals surface area contributed by atoms with Crippen molar-refractivity contribution in [2.24, 2.45) is 0 Å². The summed E-state index contributed by atoms with van der Waals surface area (Å²) in [4.78, 5) is 0.497. The molecule has 0 aliphatic rings. The molecule has 3 aromatic rings. The van der Waals surface area contributed by atoms with Crippen LogP contribution in [0.15, 0.2) is 77.7 Å². The van der Waals surface area contributed by atoms with Crippen LogP contribution in [-0.4, -0.2) is 15.1 Å². The summed E-state index contributed by atoms with van der Waals surface area (Å²) in [6.45, 7) is 0. The monoisotopic (exact) mass is 392 g/mol. The number of aliphatic hydroxyl groups is 1. The zero-order valence-electron chi connectivity index (χ0n) is 13.5. The van der Waals surface area contributed by atoms with E-state index >= 15 is 0 Å². The van der Waals surface area contributed by atoms with Gasteiger partial charge in [0.25, 0.3) is 0 Å². The molecule has 0 amide bonds. The molecule has 0 unspecified atom stereocenters. The number of hydrogen-bond acceptors (Lipinski definition) is 2. The van der Waals surface area contributed by atoms with E-state index in [4.69, 9.17) is 11.6 Å². The molecule has 0 fully saturated rings. The van der Waals surface area contributed by atoms with Crippen molar-refractivity contribution in [1.82, 2.24) is 0 Å². The highest BCUT2D eigenvalue weighted by molar-refractivity contribution is 7.85. The fourth-order valence-electron chi connectivity index (χ4n) is 2.64. The van der Waals surface area contributed by atoms with Crippen molar-refractivity contribution in [3.63, 3.8) is 0 Å². The van der Waals surface area contributed by atoms with Crippen molar-refractivity contribution in [1.29, 1.82) is 0 Å². The van der Waals surface area contributed by atoms with Crippen molar-refractivity contribution in [3.05, 3.63) is 101 Å². The van der Waals surface area contributed by atoms with Crippen LogP contribution in [0.5, 0.6) is 0 Å². The van der Waals surface area contributed by atoms with Crippen LogP contribution in [-0.2, 0) is 16.4 Å². The Kier molecular flexibility index (Phi) is 5.51. The Hall–Kier alpha value is -2.08. The fourth-order valence-corrected chi connectivity index (χ4v) is 4.09. The third kappa shape index (κ3) is 4.01. The minimum absolute atomic E-state index is 0.175. The molecule has 134 valence electrons. The van der Waals surface area contributed by atoms with Gasteiger partial charge in [-0.1, -0.05) is 35.9 Å². The van der Waals surface area contributed by atoms with Gasteiger partial charge in [-0.25, -0.2) is 8.78 Å². The molecule has 3 aromatic carbocycles. The van der Waals surface area contributed by atoms with Crippen LogP contribution in [0.1, 0.15) is 11.1 Å². The molecule has 0 aromatic heterocycles. The first kappa shape index (κ1) is 18.7. The van der Waals surface area contributed by atoms with Crippen LogP contribution < -0.4 is 0 Å². The third-order valence-corrected chi connectivity index (χ3v) is 5.79. The van der Waals surface area contributed by atoms with Gasteiger partial charge in [-0.05, 0) is 59.7 Å². The Morgan fingerprint density at radius 1 is 0.808 bits per heavy atom. The van der Waals surface area contributed by atoms with Gasteiger partial charge in [0, 0.05) is 9.92 Å². The molecule has 0 saturated carbocycles. The molecule has 0 heterocycles. The smallest absolute Gasteiger partial charge is 0.126 e. The molecule has 26 heavy (non-hydrogen) atoms. The second-order valence-corrected chi connectivity index (χ2v) is 7.71. The molecule has 3 rings (SSSR count). The molecule has 0 aliphatic heterocycles. The predicted molar refractivity (Wildman–Crippen MR) is 98.5 cm³/mol. The highest BCUT2D eigenvalue weighted by atomic mass is 35.5. The summed E-state index contributed by atoms with van der Waals surface area (Å²) in [6, 6.07) is 17.1. The van der Waals surface area contributed by atoms with E-state index in [-0.39, 0.29) is 5.75 Å². The van der Waals surface area contributed by atoms with E-state index in [9.17, 15) is 18.1 Å². The van der Waals surface area contributed by atoms with Crippen molar-refractivity contribution < 1.29 is 18.1 Å². The van der Waals surface area contributed by atoms with Gasteiger partial charge >= 0.3 is 0 Å². The molecular formula is C20H15ClF2O2S. The highest BCUT2D eigenvalue weighted by Crippen LogP contribution is 2.32. The first-order chi connectivity index (χ1) is 12.4. The summed E-state index contributed by atoms with van der Waals surface area (Å²) in [7, 11) is -1.57. The number of benzene rings is 3. The lowest BCUT2D eigenvalue weighted by atomic mass is 9.88.